The summed E-state index contributed by atoms with van der Waals surface area (Å²) in [6, 6.07) is 7.29. The van der Waals surface area contributed by atoms with Crippen molar-refractivity contribution in [3.8, 4) is 29.9 Å². The Bertz CT molecular complexity index is 1180. The second kappa shape index (κ2) is 6.42. The summed E-state index contributed by atoms with van der Waals surface area (Å²) < 4.78 is 7.47. The first-order valence-electron chi connectivity index (χ1n) is 7.35. The van der Waals surface area contributed by atoms with E-state index in [2.05, 4.69) is 27.7 Å². The minimum Gasteiger partial charge on any atom is -0.495 e. The van der Waals surface area contributed by atoms with E-state index in [9.17, 15) is 9.59 Å². The number of imidazole rings is 1. The fourth-order valence-corrected chi connectivity index (χ4v) is 2.41. The lowest BCUT2D eigenvalue weighted by Gasteiger charge is -2.03. The highest BCUT2D eigenvalue weighted by Gasteiger charge is 2.14. The van der Waals surface area contributed by atoms with E-state index in [1.165, 1.54) is 11.6 Å². The standard InChI is InChI=1S/C18H14N4O3/c1-4-11-22-17(23)15-16(21(2)18(22)24)20-14(19-15)10-9-12-7-5-6-8-13(12)25-3/h1,5-8H,11H2,2-3H3,(H,19,20). The van der Waals surface area contributed by atoms with E-state index in [1.807, 2.05) is 18.2 Å². The van der Waals surface area contributed by atoms with Gasteiger partial charge in [0.15, 0.2) is 17.0 Å². The quantitative estimate of drug-likeness (QED) is 0.691. The highest BCUT2D eigenvalue weighted by molar-refractivity contribution is 5.70. The molecule has 3 rings (SSSR count). The topological polar surface area (TPSA) is 81.9 Å². The molecule has 25 heavy (non-hydrogen) atoms. The lowest BCUT2D eigenvalue weighted by molar-refractivity contribution is 0.413. The van der Waals surface area contributed by atoms with Crippen molar-refractivity contribution >= 4 is 11.2 Å². The molecule has 0 aliphatic carbocycles. The molecule has 1 aromatic carbocycles. The number of aryl methyl sites for hydroxylation is 1. The number of H-pyrrole nitrogens is 1. The number of terminal acetylenes is 1. The molecule has 1 N–H and O–H groups in total. The Morgan fingerprint density at radius 3 is 2.76 bits per heavy atom. The SMILES string of the molecule is C#CCn1c(=O)c2[nH]c(C#Cc3ccccc3OC)nc2n(C)c1=O. The number of hydrogen-bond donors (Lipinski definition) is 1. The van der Waals surface area contributed by atoms with Crippen LogP contribution in [0, 0.1) is 24.2 Å². The molecule has 0 aliphatic heterocycles. The number of methoxy groups -OCH3 is 1. The van der Waals surface area contributed by atoms with Crippen LogP contribution in [-0.2, 0) is 13.6 Å². The van der Waals surface area contributed by atoms with Crippen LogP contribution < -0.4 is 16.0 Å². The first-order chi connectivity index (χ1) is 12.1. The molecule has 0 saturated carbocycles. The van der Waals surface area contributed by atoms with E-state index in [1.54, 1.807) is 13.2 Å². The van der Waals surface area contributed by atoms with Crippen molar-refractivity contribution in [1.82, 2.24) is 19.1 Å². The summed E-state index contributed by atoms with van der Waals surface area (Å²) in [5.41, 5.74) is 0.0541. The van der Waals surface area contributed by atoms with Crippen LogP contribution in [0.4, 0.5) is 0 Å². The average Bonchev–Trinajstić information content (AvgIpc) is 3.06. The molecule has 7 heteroatoms. The molecule has 124 valence electrons. The van der Waals surface area contributed by atoms with E-state index in [4.69, 9.17) is 11.2 Å². The van der Waals surface area contributed by atoms with Crippen LogP contribution in [0.5, 0.6) is 5.75 Å². The smallest absolute Gasteiger partial charge is 0.333 e. The van der Waals surface area contributed by atoms with Gasteiger partial charge in [0.2, 0.25) is 0 Å². The molecule has 0 spiro atoms. The highest BCUT2D eigenvalue weighted by atomic mass is 16.5. The molecular weight excluding hydrogens is 320 g/mol. The molecule has 0 amide bonds. The summed E-state index contributed by atoms with van der Waals surface area (Å²) in [6.45, 7) is -0.108. The monoisotopic (exact) mass is 334 g/mol. The fraction of sp³-hybridized carbons (Fsp3) is 0.167. The number of rotatable bonds is 2. The Balaban J connectivity index is 2.16. The number of para-hydroxylation sites is 1. The molecule has 7 nitrogen and oxygen atoms in total. The number of nitrogens with one attached hydrogen (secondary N) is 1. The minimum absolute atomic E-state index is 0.108. The highest BCUT2D eigenvalue weighted by Crippen LogP contribution is 2.15. The zero-order valence-electron chi connectivity index (χ0n) is 13.7. The van der Waals surface area contributed by atoms with Gasteiger partial charge in [0.25, 0.3) is 5.56 Å². The van der Waals surface area contributed by atoms with Gasteiger partial charge in [0.1, 0.15) is 5.75 Å². The summed E-state index contributed by atoms with van der Waals surface area (Å²) in [7, 11) is 3.08. The number of aromatic amines is 1. The van der Waals surface area contributed by atoms with Crippen LogP contribution in [0.15, 0.2) is 33.9 Å². The maximum absolute atomic E-state index is 12.4. The lowest BCUT2D eigenvalue weighted by atomic mass is 10.2. The molecule has 2 heterocycles. The molecular formula is C18H14N4O3. The van der Waals surface area contributed by atoms with Gasteiger partial charge in [-0.2, -0.15) is 0 Å². The largest absolute Gasteiger partial charge is 0.495 e. The van der Waals surface area contributed by atoms with Gasteiger partial charge in [0, 0.05) is 7.05 Å². The Kier molecular flexibility index (Phi) is 4.15. The number of aromatic nitrogens is 4. The molecule has 0 bridgehead atoms. The third-order valence-electron chi connectivity index (χ3n) is 3.65. The van der Waals surface area contributed by atoms with Crippen molar-refractivity contribution in [1.29, 1.82) is 0 Å². The maximum Gasteiger partial charge on any atom is 0.333 e. The average molecular weight is 334 g/mol. The van der Waals surface area contributed by atoms with Gasteiger partial charge in [-0.25, -0.2) is 14.3 Å². The van der Waals surface area contributed by atoms with Crippen LogP contribution in [-0.4, -0.2) is 26.2 Å². The third-order valence-corrected chi connectivity index (χ3v) is 3.65. The molecule has 0 unspecified atom stereocenters. The zero-order chi connectivity index (χ0) is 18.0. The van der Waals surface area contributed by atoms with Gasteiger partial charge < -0.3 is 9.72 Å². The van der Waals surface area contributed by atoms with E-state index in [-0.39, 0.29) is 23.5 Å². The first kappa shape index (κ1) is 16.2. The number of benzene rings is 1. The molecule has 3 aromatic rings. The Labute approximate surface area is 142 Å². The van der Waals surface area contributed by atoms with Gasteiger partial charge in [-0.3, -0.25) is 9.36 Å². The predicted molar refractivity (Wildman–Crippen MR) is 93.4 cm³/mol. The molecule has 2 aromatic heterocycles. The molecule has 0 fully saturated rings. The minimum atomic E-state index is -0.522. The number of ether oxygens (including phenoxy) is 1. The van der Waals surface area contributed by atoms with E-state index < -0.39 is 11.2 Å². The predicted octanol–water partition coefficient (Wildman–Crippen LogP) is 0.465. The van der Waals surface area contributed by atoms with Crippen molar-refractivity contribution in [3.05, 3.63) is 56.5 Å². The lowest BCUT2D eigenvalue weighted by Crippen LogP contribution is -2.38. The van der Waals surface area contributed by atoms with Crippen molar-refractivity contribution in [2.45, 2.75) is 6.54 Å². The number of hydrogen-bond acceptors (Lipinski definition) is 4. The van der Waals surface area contributed by atoms with Crippen molar-refractivity contribution in [2.75, 3.05) is 7.11 Å². The van der Waals surface area contributed by atoms with E-state index in [0.29, 0.717) is 11.3 Å². The number of nitrogens with zero attached hydrogens (tertiary/aromatic N) is 3. The molecule has 0 aliphatic rings. The second-order valence-electron chi connectivity index (χ2n) is 5.17. The molecule has 0 radical (unpaired) electrons. The van der Waals surface area contributed by atoms with Crippen molar-refractivity contribution in [2.24, 2.45) is 7.05 Å². The molecule has 0 atom stereocenters. The van der Waals surface area contributed by atoms with Gasteiger partial charge in [-0.1, -0.05) is 24.0 Å². The maximum atomic E-state index is 12.4. The van der Waals surface area contributed by atoms with Gasteiger partial charge >= 0.3 is 5.69 Å². The van der Waals surface area contributed by atoms with Crippen molar-refractivity contribution in [3.63, 3.8) is 0 Å². The first-order valence-corrected chi connectivity index (χ1v) is 7.35. The Morgan fingerprint density at radius 1 is 1.28 bits per heavy atom. The van der Waals surface area contributed by atoms with Gasteiger partial charge in [-0.15, -0.1) is 6.42 Å². The second-order valence-corrected chi connectivity index (χ2v) is 5.17. The normalized spacial score (nSPS) is 10.1. The Morgan fingerprint density at radius 2 is 2.04 bits per heavy atom. The van der Waals surface area contributed by atoms with Crippen LogP contribution in [0.3, 0.4) is 0 Å². The van der Waals surface area contributed by atoms with Gasteiger partial charge in [-0.05, 0) is 18.1 Å². The summed E-state index contributed by atoms with van der Waals surface area (Å²) in [4.78, 5) is 31.7. The van der Waals surface area contributed by atoms with Crippen LogP contribution in [0.25, 0.3) is 11.2 Å². The summed E-state index contributed by atoms with van der Waals surface area (Å²) in [5.74, 6) is 8.99. The van der Waals surface area contributed by atoms with E-state index in [0.717, 1.165) is 4.57 Å². The summed E-state index contributed by atoms with van der Waals surface area (Å²) in [5, 5.41) is 0. The molecule has 0 saturated heterocycles. The third kappa shape index (κ3) is 2.79. The fourth-order valence-electron chi connectivity index (χ4n) is 2.41. The van der Waals surface area contributed by atoms with E-state index >= 15 is 0 Å². The Hall–Kier alpha value is -3.71. The number of fused-ring (bicyclic) bond motifs is 1. The van der Waals surface area contributed by atoms with Crippen molar-refractivity contribution < 1.29 is 4.74 Å². The van der Waals surface area contributed by atoms with Crippen LogP contribution >= 0.6 is 0 Å². The van der Waals surface area contributed by atoms with Crippen LogP contribution in [0.2, 0.25) is 0 Å². The van der Waals surface area contributed by atoms with Gasteiger partial charge in [0.05, 0.1) is 19.2 Å². The van der Waals surface area contributed by atoms with Crippen LogP contribution in [0.1, 0.15) is 11.4 Å². The zero-order valence-corrected chi connectivity index (χ0v) is 13.7. The summed E-state index contributed by atoms with van der Waals surface area (Å²) >= 11 is 0. The summed E-state index contributed by atoms with van der Waals surface area (Å²) in [6.07, 6.45) is 5.22.